The molecule has 2 unspecified atom stereocenters. The first-order valence-electron chi connectivity index (χ1n) is 6.18. The third kappa shape index (κ3) is 4.43. The fourth-order valence-electron chi connectivity index (χ4n) is 2.12. The molecule has 0 bridgehead atoms. The van der Waals surface area contributed by atoms with E-state index in [4.69, 9.17) is 10.5 Å². The van der Waals surface area contributed by atoms with E-state index in [-0.39, 0.29) is 0 Å². The van der Waals surface area contributed by atoms with E-state index in [9.17, 15) is 0 Å². The van der Waals surface area contributed by atoms with Crippen molar-refractivity contribution in [3.63, 3.8) is 0 Å². The third-order valence-corrected chi connectivity index (χ3v) is 3.21. The zero-order valence-corrected chi connectivity index (χ0v) is 9.50. The van der Waals surface area contributed by atoms with Crippen molar-refractivity contribution >= 4 is 0 Å². The Bertz CT molecular complexity index is 138. The van der Waals surface area contributed by atoms with Crippen LogP contribution in [0, 0.1) is 5.92 Å². The van der Waals surface area contributed by atoms with Crippen molar-refractivity contribution in [1.29, 1.82) is 0 Å². The molecule has 0 aromatic carbocycles. The fraction of sp³-hybridized carbons (Fsp3) is 1.00. The van der Waals surface area contributed by atoms with Gasteiger partial charge in [0.2, 0.25) is 0 Å². The Kier molecular flexibility index (Phi) is 6.20. The van der Waals surface area contributed by atoms with Crippen LogP contribution in [0.5, 0.6) is 0 Å². The summed E-state index contributed by atoms with van der Waals surface area (Å²) in [5.74, 6) is 0.630. The van der Waals surface area contributed by atoms with Gasteiger partial charge in [-0.05, 0) is 18.8 Å². The van der Waals surface area contributed by atoms with Gasteiger partial charge < -0.3 is 10.5 Å². The molecule has 1 saturated heterocycles. The Morgan fingerprint density at radius 1 is 1.21 bits per heavy atom. The van der Waals surface area contributed by atoms with Crippen molar-refractivity contribution in [2.45, 2.75) is 57.9 Å². The minimum absolute atomic E-state index is 0.398. The predicted molar refractivity (Wildman–Crippen MR) is 60.3 cm³/mol. The molecule has 1 rings (SSSR count). The Morgan fingerprint density at radius 3 is 2.71 bits per heavy atom. The summed E-state index contributed by atoms with van der Waals surface area (Å²) in [5.41, 5.74) is 6.04. The van der Waals surface area contributed by atoms with Gasteiger partial charge in [0.25, 0.3) is 0 Å². The van der Waals surface area contributed by atoms with Crippen molar-refractivity contribution < 1.29 is 4.74 Å². The zero-order valence-electron chi connectivity index (χ0n) is 9.50. The first-order chi connectivity index (χ1) is 6.84. The van der Waals surface area contributed by atoms with Crippen LogP contribution in [-0.4, -0.2) is 19.3 Å². The fourth-order valence-corrected chi connectivity index (χ4v) is 2.12. The molecular formula is C12H25NO. The molecule has 1 aliphatic rings. The van der Waals surface area contributed by atoms with E-state index in [1.54, 1.807) is 0 Å². The molecule has 0 saturated carbocycles. The zero-order chi connectivity index (χ0) is 10.2. The summed E-state index contributed by atoms with van der Waals surface area (Å²) in [4.78, 5) is 0. The summed E-state index contributed by atoms with van der Waals surface area (Å²) in [6.07, 6.45) is 9.13. The van der Waals surface area contributed by atoms with Gasteiger partial charge in [0.15, 0.2) is 0 Å². The third-order valence-electron chi connectivity index (χ3n) is 3.21. The van der Waals surface area contributed by atoms with Gasteiger partial charge in [-0.3, -0.25) is 0 Å². The van der Waals surface area contributed by atoms with Crippen LogP contribution in [0.1, 0.15) is 51.9 Å². The largest absolute Gasteiger partial charge is 0.381 e. The molecule has 1 aliphatic heterocycles. The molecule has 2 N–H and O–H groups in total. The Labute approximate surface area is 88.2 Å². The van der Waals surface area contributed by atoms with Crippen molar-refractivity contribution in [3.05, 3.63) is 0 Å². The van der Waals surface area contributed by atoms with Crippen LogP contribution in [-0.2, 0) is 4.74 Å². The minimum atomic E-state index is 0.398. The summed E-state index contributed by atoms with van der Waals surface area (Å²) in [5, 5.41) is 0. The molecule has 0 radical (unpaired) electrons. The molecule has 14 heavy (non-hydrogen) atoms. The Balaban J connectivity index is 1.99. The average molecular weight is 199 g/mol. The normalized spacial score (nSPS) is 27.9. The maximum atomic E-state index is 6.04. The molecule has 2 nitrogen and oxygen atoms in total. The lowest BCUT2D eigenvalue weighted by molar-refractivity contribution is 0.0378. The highest BCUT2D eigenvalue weighted by Gasteiger charge is 2.21. The van der Waals surface area contributed by atoms with Crippen molar-refractivity contribution in [2.75, 3.05) is 13.2 Å². The number of hydrogen-bond donors (Lipinski definition) is 1. The monoisotopic (exact) mass is 199 g/mol. The standard InChI is InChI=1S/C12H25NO/c1-2-3-4-5-6-7-11-10-14-9-8-12(11)13/h11-12H,2-10,13H2,1H3. The summed E-state index contributed by atoms with van der Waals surface area (Å²) in [6, 6.07) is 0.398. The van der Waals surface area contributed by atoms with E-state index in [2.05, 4.69) is 6.92 Å². The molecule has 0 spiro atoms. The van der Waals surface area contributed by atoms with Gasteiger partial charge in [-0.25, -0.2) is 0 Å². The Hall–Kier alpha value is -0.0800. The van der Waals surface area contributed by atoms with Gasteiger partial charge in [-0.1, -0.05) is 39.0 Å². The van der Waals surface area contributed by atoms with Crippen LogP contribution in [0.15, 0.2) is 0 Å². The summed E-state index contributed by atoms with van der Waals surface area (Å²) in [7, 11) is 0. The van der Waals surface area contributed by atoms with Crippen LogP contribution in [0.25, 0.3) is 0 Å². The van der Waals surface area contributed by atoms with E-state index in [1.165, 1.54) is 38.5 Å². The summed E-state index contributed by atoms with van der Waals surface area (Å²) < 4.78 is 5.45. The molecule has 0 aromatic rings. The molecule has 84 valence electrons. The van der Waals surface area contributed by atoms with Gasteiger partial charge in [0.1, 0.15) is 0 Å². The van der Waals surface area contributed by atoms with Crippen LogP contribution in [0.3, 0.4) is 0 Å². The average Bonchev–Trinajstić information content (AvgIpc) is 2.20. The van der Waals surface area contributed by atoms with Crippen LogP contribution in [0.2, 0.25) is 0 Å². The van der Waals surface area contributed by atoms with E-state index in [0.29, 0.717) is 12.0 Å². The summed E-state index contributed by atoms with van der Waals surface area (Å²) in [6.45, 7) is 4.02. The predicted octanol–water partition coefficient (Wildman–Crippen LogP) is 2.71. The van der Waals surface area contributed by atoms with E-state index in [0.717, 1.165) is 19.6 Å². The maximum Gasteiger partial charge on any atom is 0.0509 e. The van der Waals surface area contributed by atoms with Crippen molar-refractivity contribution in [2.24, 2.45) is 11.7 Å². The number of hydrogen-bond acceptors (Lipinski definition) is 2. The van der Waals surface area contributed by atoms with Gasteiger partial charge in [0.05, 0.1) is 6.61 Å². The number of ether oxygens (including phenoxy) is 1. The first kappa shape index (κ1) is 12.0. The van der Waals surface area contributed by atoms with Gasteiger partial charge in [0, 0.05) is 12.6 Å². The first-order valence-corrected chi connectivity index (χ1v) is 6.18. The highest BCUT2D eigenvalue weighted by atomic mass is 16.5. The van der Waals surface area contributed by atoms with Gasteiger partial charge in [-0.2, -0.15) is 0 Å². The van der Waals surface area contributed by atoms with Crippen molar-refractivity contribution in [1.82, 2.24) is 0 Å². The summed E-state index contributed by atoms with van der Waals surface area (Å²) >= 11 is 0. The number of unbranched alkanes of at least 4 members (excludes halogenated alkanes) is 4. The second-order valence-corrected chi connectivity index (χ2v) is 4.49. The molecule has 0 aromatic heterocycles. The number of rotatable bonds is 6. The van der Waals surface area contributed by atoms with Crippen LogP contribution >= 0.6 is 0 Å². The lowest BCUT2D eigenvalue weighted by Gasteiger charge is -2.28. The molecule has 2 atom stereocenters. The van der Waals surface area contributed by atoms with Crippen LogP contribution in [0.4, 0.5) is 0 Å². The quantitative estimate of drug-likeness (QED) is 0.668. The second kappa shape index (κ2) is 7.24. The van der Waals surface area contributed by atoms with E-state index < -0.39 is 0 Å². The number of nitrogens with two attached hydrogens (primary N) is 1. The second-order valence-electron chi connectivity index (χ2n) is 4.49. The smallest absolute Gasteiger partial charge is 0.0509 e. The highest BCUT2D eigenvalue weighted by Crippen LogP contribution is 2.19. The maximum absolute atomic E-state index is 6.04. The topological polar surface area (TPSA) is 35.2 Å². The Morgan fingerprint density at radius 2 is 2.00 bits per heavy atom. The molecular weight excluding hydrogens is 174 g/mol. The molecule has 0 amide bonds. The molecule has 1 fully saturated rings. The van der Waals surface area contributed by atoms with E-state index >= 15 is 0 Å². The van der Waals surface area contributed by atoms with Gasteiger partial charge >= 0.3 is 0 Å². The lowest BCUT2D eigenvalue weighted by Crippen LogP contribution is -2.38. The molecule has 0 aliphatic carbocycles. The molecule has 2 heteroatoms. The van der Waals surface area contributed by atoms with Crippen molar-refractivity contribution in [3.8, 4) is 0 Å². The molecule has 1 heterocycles. The van der Waals surface area contributed by atoms with Gasteiger partial charge in [-0.15, -0.1) is 0 Å². The SMILES string of the molecule is CCCCCCCC1COCCC1N. The van der Waals surface area contributed by atoms with E-state index in [1.807, 2.05) is 0 Å². The minimum Gasteiger partial charge on any atom is -0.381 e. The highest BCUT2D eigenvalue weighted by molar-refractivity contribution is 4.76. The lowest BCUT2D eigenvalue weighted by atomic mass is 9.91. The van der Waals surface area contributed by atoms with Crippen LogP contribution < -0.4 is 5.73 Å².